The second-order valence-electron chi connectivity index (χ2n) is 4.78. The first kappa shape index (κ1) is 14.8. The van der Waals surface area contributed by atoms with Crippen LogP contribution < -0.4 is 0 Å². The van der Waals surface area contributed by atoms with Crippen molar-refractivity contribution >= 4 is 23.1 Å². The molecule has 0 radical (unpaired) electrons. The summed E-state index contributed by atoms with van der Waals surface area (Å²) in [7, 11) is 0. The topological polar surface area (TPSA) is 62.7 Å². The van der Waals surface area contributed by atoms with Crippen molar-refractivity contribution in [2.45, 2.75) is 24.6 Å². The fourth-order valence-electron chi connectivity index (χ4n) is 2.07. The molecular weight excluding hydrogens is 314 g/mol. The molecule has 0 unspecified atom stereocenters. The number of thioether (sulfide) groups is 1. The number of thiazole rings is 1. The number of nitrogens with zero attached hydrogens (tertiary/aromatic N) is 3. The summed E-state index contributed by atoms with van der Waals surface area (Å²) in [5, 5.41) is 12.9. The van der Waals surface area contributed by atoms with Crippen LogP contribution in [0.4, 0.5) is 0 Å². The van der Waals surface area contributed by atoms with Gasteiger partial charge in [-0.3, -0.25) is 0 Å². The van der Waals surface area contributed by atoms with Crippen LogP contribution >= 0.6 is 23.1 Å². The third kappa shape index (κ3) is 3.06. The van der Waals surface area contributed by atoms with Gasteiger partial charge in [0.2, 0.25) is 0 Å². The average molecular weight is 327 g/mol. The third-order valence-corrected chi connectivity index (χ3v) is 4.98. The van der Waals surface area contributed by atoms with Crippen LogP contribution in [0.3, 0.4) is 0 Å². The fourth-order valence-corrected chi connectivity index (χ4v) is 3.96. The summed E-state index contributed by atoms with van der Waals surface area (Å²) in [6.45, 7) is 3.88. The van der Waals surface area contributed by atoms with Gasteiger partial charge in [0, 0.05) is 16.8 Å². The van der Waals surface area contributed by atoms with Crippen molar-refractivity contribution in [2.75, 3.05) is 0 Å². The van der Waals surface area contributed by atoms with Crippen LogP contribution in [-0.2, 0) is 5.75 Å². The van der Waals surface area contributed by atoms with E-state index in [1.54, 1.807) is 29.4 Å². The van der Waals surface area contributed by atoms with Crippen molar-refractivity contribution in [2.24, 2.45) is 0 Å². The van der Waals surface area contributed by atoms with Crippen molar-refractivity contribution in [3.05, 3.63) is 52.4 Å². The molecule has 0 aromatic carbocycles. The van der Waals surface area contributed by atoms with Gasteiger partial charge in [-0.1, -0.05) is 11.8 Å². The van der Waals surface area contributed by atoms with Crippen LogP contribution in [0.2, 0.25) is 0 Å². The number of rotatable bonds is 4. The first-order chi connectivity index (χ1) is 10.7. The fraction of sp³-hybridized carbons (Fsp3) is 0.188. The van der Waals surface area contributed by atoms with E-state index in [1.165, 1.54) is 0 Å². The maximum atomic E-state index is 9.29. The standard InChI is InChI=1S/C16H13N3OS2/c1-10-6-11(2)18-15(13(10)7-17)21-8-12-9-22-16(19-12)14-4-3-5-20-14/h3-6,9H,8H2,1-2H3. The molecule has 0 aliphatic carbocycles. The van der Waals surface area contributed by atoms with Gasteiger partial charge in [0.15, 0.2) is 10.8 Å². The lowest BCUT2D eigenvalue weighted by Gasteiger charge is -2.06. The molecule has 22 heavy (non-hydrogen) atoms. The molecule has 0 N–H and O–H groups in total. The lowest BCUT2D eigenvalue weighted by atomic mass is 10.1. The van der Waals surface area contributed by atoms with E-state index < -0.39 is 0 Å². The van der Waals surface area contributed by atoms with Crippen molar-refractivity contribution in [3.63, 3.8) is 0 Å². The van der Waals surface area contributed by atoms with E-state index >= 15 is 0 Å². The summed E-state index contributed by atoms with van der Waals surface area (Å²) >= 11 is 3.10. The molecule has 3 aromatic heterocycles. The predicted molar refractivity (Wildman–Crippen MR) is 87.8 cm³/mol. The molecule has 0 aliphatic rings. The summed E-state index contributed by atoms with van der Waals surface area (Å²) in [5.41, 5.74) is 3.50. The van der Waals surface area contributed by atoms with Crippen LogP contribution in [0.5, 0.6) is 0 Å². The molecule has 0 spiro atoms. The summed E-state index contributed by atoms with van der Waals surface area (Å²) in [6.07, 6.45) is 1.64. The van der Waals surface area contributed by atoms with Crippen LogP contribution in [0.1, 0.15) is 22.5 Å². The third-order valence-electron chi connectivity index (χ3n) is 3.06. The zero-order chi connectivity index (χ0) is 15.5. The van der Waals surface area contributed by atoms with E-state index in [2.05, 4.69) is 16.0 Å². The second-order valence-corrected chi connectivity index (χ2v) is 6.60. The molecular formula is C16H13N3OS2. The van der Waals surface area contributed by atoms with Gasteiger partial charge < -0.3 is 4.42 Å². The van der Waals surface area contributed by atoms with Crippen LogP contribution in [0, 0.1) is 25.2 Å². The Morgan fingerprint density at radius 2 is 2.23 bits per heavy atom. The Bertz CT molecular complexity index is 832. The monoisotopic (exact) mass is 327 g/mol. The van der Waals surface area contributed by atoms with Crippen LogP contribution in [0.25, 0.3) is 10.8 Å². The zero-order valence-corrected chi connectivity index (χ0v) is 13.8. The van der Waals surface area contributed by atoms with Gasteiger partial charge in [-0.05, 0) is 37.6 Å². The molecule has 0 amide bonds. The largest absolute Gasteiger partial charge is 0.462 e. The Morgan fingerprint density at radius 1 is 1.36 bits per heavy atom. The smallest absolute Gasteiger partial charge is 0.162 e. The number of nitriles is 1. The minimum absolute atomic E-state index is 0.650. The Hall–Kier alpha value is -2.10. The summed E-state index contributed by atoms with van der Waals surface area (Å²) in [4.78, 5) is 9.04. The SMILES string of the molecule is Cc1cc(C)c(C#N)c(SCc2csc(-c3ccco3)n2)n1. The number of aromatic nitrogens is 2. The molecule has 0 bridgehead atoms. The average Bonchev–Trinajstić information content (AvgIpc) is 3.15. The molecule has 0 saturated carbocycles. The first-order valence-electron chi connectivity index (χ1n) is 6.67. The van der Waals surface area contributed by atoms with E-state index in [9.17, 15) is 5.26 Å². The normalized spacial score (nSPS) is 10.6. The molecule has 0 fully saturated rings. The molecule has 0 saturated heterocycles. The summed E-state index contributed by atoms with van der Waals surface area (Å²) < 4.78 is 5.35. The minimum Gasteiger partial charge on any atom is -0.462 e. The number of hydrogen-bond acceptors (Lipinski definition) is 6. The van der Waals surface area contributed by atoms with Gasteiger partial charge in [-0.25, -0.2) is 9.97 Å². The van der Waals surface area contributed by atoms with Gasteiger partial charge in [-0.2, -0.15) is 5.26 Å². The van der Waals surface area contributed by atoms with Crippen molar-refractivity contribution < 1.29 is 4.42 Å². The quantitative estimate of drug-likeness (QED) is 0.656. The summed E-state index contributed by atoms with van der Waals surface area (Å²) in [6, 6.07) is 7.92. The molecule has 110 valence electrons. The number of aryl methyl sites for hydroxylation is 2. The minimum atomic E-state index is 0.650. The highest BCUT2D eigenvalue weighted by atomic mass is 32.2. The zero-order valence-electron chi connectivity index (χ0n) is 12.2. The molecule has 6 heteroatoms. The van der Waals surface area contributed by atoms with Gasteiger partial charge >= 0.3 is 0 Å². The lowest BCUT2D eigenvalue weighted by molar-refractivity contribution is 0.581. The summed E-state index contributed by atoms with van der Waals surface area (Å²) in [5.74, 6) is 1.46. The molecule has 4 nitrogen and oxygen atoms in total. The number of hydrogen-bond donors (Lipinski definition) is 0. The Labute approximate surface area is 136 Å². The van der Waals surface area contributed by atoms with Gasteiger partial charge in [0.05, 0.1) is 17.5 Å². The van der Waals surface area contributed by atoms with Crippen molar-refractivity contribution in [1.29, 1.82) is 5.26 Å². The molecule has 3 heterocycles. The molecule has 0 aliphatic heterocycles. The molecule has 0 atom stereocenters. The van der Waals surface area contributed by atoms with E-state index in [4.69, 9.17) is 4.42 Å². The van der Waals surface area contributed by atoms with Gasteiger partial charge in [0.25, 0.3) is 0 Å². The van der Waals surface area contributed by atoms with E-state index in [0.29, 0.717) is 11.3 Å². The maximum absolute atomic E-state index is 9.29. The second kappa shape index (κ2) is 6.34. The molecule has 3 rings (SSSR count). The van der Waals surface area contributed by atoms with Gasteiger partial charge in [0.1, 0.15) is 11.1 Å². The molecule has 3 aromatic rings. The van der Waals surface area contributed by atoms with Gasteiger partial charge in [-0.15, -0.1) is 11.3 Å². The Morgan fingerprint density at radius 3 is 2.95 bits per heavy atom. The van der Waals surface area contributed by atoms with E-state index in [1.807, 2.05) is 37.4 Å². The van der Waals surface area contributed by atoms with Crippen LogP contribution in [-0.4, -0.2) is 9.97 Å². The predicted octanol–water partition coefficient (Wildman–Crippen LogP) is 4.58. The maximum Gasteiger partial charge on any atom is 0.162 e. The first-order valence-corrected chi connectivity index (χ1v) is 8.53. The van der Waals surface area contributed by atoms with E-state index in [-0.39, 0.29) is 0 Å². The highest BCUT2D eigenvalue weighted by Gasteiger charge is 2.12. The Kier molecular flexibility index (Phi) is 4.27. The van der Waals surface area contributed by atoms with Crippen molar-refractivity contribution in [1.82, 2.24) is 9.97 Å². The highest BCUT2D eigenvalue weighted by Crippen LogP contribution is 2.29. The lowest BCUT2D eigenvalue weighted by Crippen LogP contribution is -1.94. The number of pyridine rings is 1. The van der Waals surface area contributed by atoms with Crippen LogP contribution in [0.15, 0.2) is 39.3 Å². The number of furan rings is 1. The Balaban J connectivity index is 1.78. The van der Waals surface area contributed by atoms with Crippen molar-refractivity contribution in [3.8, 4) is 16.8 Å². The van der Waals surface area contributed by atoms with E-state index in [0.717, 1.165) is 32.7 Å². The highest BCUT2D eigenvalue weighted by molar-refractivity contribution is 7.98.